The SMILES string of the molecule is Cc1cscc1C(=O)Nc1ccc(N)c(Cl)c1. The molecule has 0 aliphatic rings. The van der Waals surface area contributed by atoms with Crippen molar-refractivity contribution in [2.75, 3.05) is 11.1 Å². The Morgan fingerprint density at radius 1 is 1.41 bits per heavy atom. The van der Waals surface area contributed by atoms with Crippen molar-refractivity contribution in [3.05, 3.63) is 45.1 Å². The van der Waals surface area contributed by atoms with E-state index < -0.39 is 0 Å². The van der Waals surface area contributed by atoms with E-state index >= 15 is 0 Å². The lowest BCUT2D eigenvalue weighted by molar-refractivity contribution is 0.102. The van der Waals surface area contributed by atoms with Gasteiger partial charge in [-0.3, -0.25) is 4.79 Å². The molecule has 0 aliphatic carbocycles. The molecule has 0 unspecified atom stereocenters. The maximum absolute atomic E-state index is 11.9. The third-order valence-electron chi connectivity index (χ3n) is 2.36. The number of thiophene rings is 1. The molecule has 5 heteroatoms. The van der Waals surface area contributed by atoms with Crippen LogP contribution in [0, 0.1) is 6.92 Å². The van der Waals surface area contributed by atoms with Gasteiger partial charge in [-0.15, -0.1) is 0 Å². The third-order valence-corrected chi connectivity index (χ3v) is 3.55. The number of nitrogens with one attached hydrogen (secondary N) is 1. The van der Waals surface area contributed by atoms with Crippen molar-refractivity contribution < 1.29 is 4.79 Å². The van der Waals surface area contributed by atoms with Crippen LogP contribution in [-0.4, -0.2) is 5.91 Å². The molecule has 0 fully saturated rings. The Balaban J connectivity index is 2.19. The van der Waals surface area contributed by atoms with Crippen molar-refractivity contribution >= 4 is 40.2 Å². The van der Waals surface area contributed by atoms with Crippen molar-refractivity contribution in [3.63, 3.8) is 0 Å². The van der Waals surface area contributed by atoms with E-state index in [0.717, 1.165) is 5.56 Å². The van der Waals surface area contributed by atoms with Crippen molar-refractivity contribution in [1.29, 1.82) is 0 Å². The van der Waals surface area contributed by atoms with Crippen LogP contribution in [0.25, 0.3) is 0 Å². The number of carbonyl (C=O) groups is 1. The summed E-state index contributed by atoms with van der Waals surface area (Å²) in [5.74, 6) is -0.135. The molecule has 88 valence electrons. The Kier molecular flexibility index (Phi) is 3.36. The highest BCUT2D eigenvalue weighted by Crippen LogP contribution is 2.23. The highest BCUT2D eigenvalue weighted by molar-refractivity contribution is 7.08. The molecule has 1 heterocycles. The largest absolute Gasteiger partial charge is 0.398 e. The summed E-state index contributed by atoms with van der Waals surface area (Å²) in [6, 6.07) is 5.02. The Morgan fingerprint density at radius 2 is 2.18 bits per heavy atom. The zero-order chi connectivity index (χ0) is 12.4. The van der Waals surface area contributed by atoms with Crippen LogP contribution in [0.2, 0.25) is 5.02 Å². The number of aryl methyl sites for hydroxylation is 1. The first kappa shape index (κ1) is 12.0. The van der Waals surface area contributed by atoms with E-state index in [1.807, 2.05) is 17.7 Å². The zero-order valence-corrected chi connectivity index (χ0v) is 10.7. The lowest BCUT2D eigenvalue weighted by atomic mass is 10.2. The second kappa shape index (κ2) is 4.77. The number of carbonyl (C=O) groups excluding carboxylic acids is 1. The number of anilines is 2. The normalized spacial score (nSPS) is 10.2. The highest BCUT2D eigenvalue weighted by Gasteiger charge is 2.10. The van der Waals surface area contributed by atoms with Crippen LogP contribution in [0.3, 0.4) is 0 Å². The van der Waals surface area contributed by atoms with Crippen molar-refractivity contribution in [1.82, 2.24) is 0 Å². The van der Waals surface area contributed by atoms with E-state index in [4.69, 9.17) is 17.3 Å². The predicted octanol–water partition coefficient (Wildman–Crippen LogP) is 3.54. The van der Waals surface area contributed by atoms with Crippen LogP contribution in [0.4, 0.5) is 11.4 Å². The molecule has 1 aromatic carbocycles. The molecule has 0 spiro atoms. The molecule has 3 nitrogen and oxygen atoms in total. The first-order valence-electron chi connectivity index (χ1n) is 4.97. The summed E-state index contributed by atoms with van der Waals surface area (Å²) >= 11 is 7.38. The minimum atomic E-state index is -0.135. The lowest BCUT2D eigenvalue weighted by Gasteiger charge is -2.06. The van der Waals surface area contributed by atoms with Gasteiger partial charge in [-0.25, -0.2) is 0 Å². The van der Waals surface area contributed by atoms with Crippen molar-refractivity contribution in [2.45, 2.75) is 6.92 Å². The minimum Gasteiger partial charge on any atom is -0.398 e. The molecule has 3 N–H and O–H groups in total. The molecule has 2 aromatic rings. The standard InChI is InChI=1S/C12H11ClN2OS/c1-7-5-17-6-9(7)12(16)15-8-2-3-11(14)10(13)4-8/h2-6H,14H2,1H3,(H,15,16). The van der Waals surface area contributed by atoms with Crippen molar-refractivity contribution in [3.8, 4) is 0 Å². The second-order valence-corrected chi connectivity index (χ2v) is 4.81. The van der Waals surface area contributed by atoms with E-state index in [0.29, 0.717) is 22.0 Å². The number of nitrogen functional groups attached to an aromatic ring is 1. The number of hydrogen-bond acceptors (Lipinski definition) is 3. The van der Waals surface area contributed by atoms with Gasteiger partial charge in [0, 0.05) is 11.1 Å². The van der Waals surface area contributed by atoms with Gasteiger partial charge in [0.15, 0.2) is 0 Å². The summed E-state index contributed by atoms with van der Waals surface area (Å²) in [6.45, 7) is 1.90. The average Bonchev–Trinajstić information content (AvgIpc) is 2.70. The van der Waals surface area contributed by atoms with Crippen LogP contribution < -0.4 is 11.1 Å². The smallest absolute Gasteiger partial charge is 0.256 e. The van der Waals surface area contributed by atoms with Gasteiger partial charge in [0.05, 0.1) is 16.3 Å². The lowest BCUT2D eigenvalue weighted by Crippen LogP contribution is -2.12. The molecular weight excluding hydrogens is 256 g/mol. The van der Waals surface area contributed by atoms with E-state index in [1.165, 1.54) is 11.3 Å². The number of benzene rings is 1. The quantitative estimate of drug-likeness (QED) is 0.817. The van der Waals surface area contributed by atoms with Gasteiger partial charge in [0.2, 0.25) is 0 Å². The van der Waals surface area contributed by atoms with Gasteiger partial charge < -0.3 is 11.1 Å². The van der Waals surface area contributed by atoms with Crippen LogP contribution in [0.15, 0.2) is 29.0 Å². The van der Waals surface area contributed by atoms with E-state index in [2.05, 4.69) is 5.32 Å². The molecule has 2 rings (SSSR count). The molecule has 0 saturated carbocycles. The molecule has 17 heavy (non-hydrogen) atoms. The molecule has 0 bridgehead atoms. The number of amides is 1. The van der Waals surface area contributed by atoms with Gasteiger partial charge in [0.25, 0.3) is 5.91 Å². The van der Waals surface area contributed by atoms with Gasteiger partial charge in [0.1, 0.15) is 0 Å². The number of halogens is 1. The Morgan fingerprint density at radius 3 is 2.76 bits per heavy atom. The van der Waals surface area contributed by atoms with E-state index in [9.17, 15) is 4.79 Å². The molecule has 0 radical (unpaired) electrons. The van der Waals surface area contributed by atoms with Gasteiger partial charge in [-0.1, -0.05) is 11.6 Å². The number of nitrogens with two attached hydrogens (primary N) is 1. The summed E-state index contributed by atoms with van der Waals surface area (Å²) in [5.41, 5.74) is 8.38. The Labute approximate surface area is 108 Å². The van der Waals surface area contributed by atoms with Crippen LogP contribution in [-0.2, 0) is 0 Å². The highest BCUT2D eigenvalue weighted by atomic mass is 35.5. The average molecular weight is 267 g/mol. The zero-order valence-electron chi connectivity index (χ0n) is 9.16. The first-order chi connectivity index (χ1) is 8.08. The topological polar surface area (TPSA) is 55.1 Å². The Hall–Kier alpha value is -1.52. The minimum absolute atomic E-state index is 0.135. The maximum Gasteiger partial charge on any atom is 0.256 e. The maximum atomic E-state index is 11.9. The van der Waals surface area contributed by atoms with E-state index in [1.54, 1.807) is 18.2 Å². The van der Waals surface area contributed by atoms with Gasteiger partial charge in [-0.2, -0.15) is 11.3 Å². The van der Waals surface area contributed by atoms with Gasteiger partial charge in [-0.05, 0) is 36.1 Å². The number of hydrogen-bond donors (Lipinski definition) is 2. The molecule has 1 aromatic heterocycles. The summed E-state index contributed by atoms with van der Waals surface area (Å²) in [5, 5.41) is 6.97. The Bertz CT molecular complexity index is 565. The molecule has 0 atom stereocenters. The summed E-state index contributed by atoms with van der Waals surface area (Å²) in [6.07, 6.45) is 0. The monoisotopic (exact) mass is 266 g/mol. The summed E-state index contributed by atoms with van der Waals surface area (Å²) < 4.78 is 0. The van der Waals surface area contributed by atoms with Crippen LogP contribution in [0.5, 0.6) is 0 Å². The fourth-order valence-electron chi connectivity index (χ4n) is 1.40. The van der Waals surface area contributed by atoms with Gasteiger partial charge >= 0.3 is 0 Å². The molecule has 1 amide bonds. The fourth-order valence-corrected chi connectivity index (χ4v) is 2.41. The molecular formula is C12H11ClN2OS. The summed E-state index contributed by atoms with van der Waals surface area (Å²) in [4.78, 5) is 11.9. The molecule has 0 aliphatic heterocycles. The summed E-state index contributed by atoms with van der Waals surface area (Å²) in [7, 11) is 0. The number of rotatable bonds is 2. The third kappa shape index (κ3) is 2.60. The van der Waals surface area contributed by atoms with Crippen molar-refractivity contribution in [2.24, 2.45) is 0 Å². The van der Waals surface area contributed by atoms with E-state index in [-0.39, 0.29) is 5.91 Å². The molecule has 0 saturated heterocycles. The van der Waals surface area contributed by atoms with Crippen LogP contribution >= 0.6 is 22.9 Å². The predicted molar refractivity (Wildman–Crippen MR) is 72.9 cm³/mol. The van der Waals surface area contributed by atoms with Crippen LogP contribution in [0.1, 0.15) is 15.9 Å². The fraction of sp³-hybridized carbons (Fsp3) is 0.0833. The first-order valence-corrected chi connectivity index (χ1v) is 6.29. The second-order valence-electron chi connectivity index (χ2n) is 3.66.